The first-order valence-corrected chi connectivity index (χ1v) is 12.8. The maximum Gasteiger partial charge on any atom is 0.252 e. The van der Waals surface area contributed by atoms with Crippen molar-refractivity contribution in [2.45, 2.75) is 28.7 Å². The fourth-order valence-corrected chi connectivity index (χ4v) is 5.65. The lowest BCUT2D eigenvalue weighted by Gasteiger charge is -2.16. The highest BCUT2D eigenvalue weighted by Gasteiger charge is 2.24. The zero-order valence-corrected chi connectivity index (χ0v) is 20.3. The molecule has 0 fully saturated rings. The largest absolute Gasteiger partial charge is 0.345 e. The third-order valence-electron chi connectivity index (χ3n) is 6.46. The predicted octanol–water partition coefficient (Wildman–Crippen LogP) is 6.70. The second-order valence-electron chi connectivity index (χ2n) is 8.77. The minimum Gasteiger partial charge on any atom is -0.345 e. The minimum atomic E-state index is -0.0376. The molecule has 2 N–H and O–H groups in total. The van der Waals surface area contributed by atoms with Crippen LogP contribution in [0.2, 0.25) is 0 Å². The quantitative estimate of drug-likeness (QED) is 0.279. The van der Waals surface area contributed by atoms with E-state index in [1.807, 2.05) is 60.7 Å². The van der Waals surface area contributed by atoms with Gasteiger partial charge in [0.1, 0.15) is 0 Å². The van der Waals surface area contributed by atoms with Crippen LogP contribution in [0.5, 0.6) is 0 Å². The van der Waals surface area contributed by atoms with Crippen molar-refractivity contribution in [3.8, 4) is 0 Å². The standard InChI is InChI=1S/C30H24N4OS/c35-30(32-26-16-12-20-7-1-2-9-23(20)26)25-10-3-4-11-29(25)36-22-14-15-24-27(33-34-28(24)19-22)17-13-21-8-5-6-18-31-21/h1-11,13-15,17-19,26H,12,16H2,(H,32,35)(H,33,34)/b17-13+/t26-/m0/s1. The van der Waals surface area contributed by atoms with Crippen LogP contribution in [0.3, 0.4) is 0 Å². The number of H-pyrrole nitrogens is 1. The lowest BCUT2D eigenvalue weighted by Crippen LogP contribution is -2.27. The van der Waals surface area contributed by atoms with Gasteiger partial charge in [0.05, 0.1) is 28.5 Å². The van der Waals surface area contributed by atoms with Crippen LogP contribution in [-0.2, 0) is 6.42 Å². The van der Waals surface area contributed by atoms with Gasteiger partial charge in [0.25, 0.3) is 5.91 Å². The molecule has 1 amide bonds. The highest BCUT2D eigenvalue weighted by molar-refractivity contribution is 7.99. The van der Waals surface area contributed by atoms with E-state index in [1.165, 1.54) is 11.1 Å². The van der Waals surface area contributed by atoms with E-state index in [1.54, 1.807) is 18.0 Å². The summed E-state index contributed by atoms with van der Waals surface area (Å²) in [5.41, 5.74) is 5.95. The molecule has 0 radical (unpaired) electrons. The highest BCUT2D eigenvalue weighted by atomic mass is 32.2. The van der Waals surface area contributed by atoms with E-state index in [-0.39, 0.29) is 11.9 Å². The van der Waals surface area contributed by atoms with E-state index >= 15 is 0 Å². The Bertz CT molecular complexity index is 1570. The molecular formula is C30H24N4OS. The molecule has 1 aliphatic rings. The number of carbonyl (C=O) groups excluding carboxylic acids is 1. The van der Waals surface area contributed by atoms with Gasteiger partial charge in [-0.1, -0.05) is 54.2 Å². The van der Waals surface area contributed by atoms with E-state index in [4.69, 9.17) is 0 Å². The summed E-state index contributed by atoms with van der Waals surface area (Å²) in [7, 11) is 0. The van der Waals surface area contributed by atoms with Gasteiger partial charge in [-0.2, -0.15) is 5.10 Å². The Morgan fingerprint density at radius 2 is 1.83 bits per heavy atom. The van der Waals surface area contributed by atoms with Crippen LogP contribution < -0.4 is 5.32 Å². The van der Waals surface area contributed by atoms with Crippen molar-refractivity contribution < 1.29 is 4.79 Å². The van der Waals surface area contributed by atoms with Gasteiger partial charge >= 0.3 is 0 Å². The molecule has 2 heterocycles. The summed E-state index contributed by atoms with van der Waals surface area (Å²) >= 11 is 1.58. The number of aryl methyl sites for hydroxylation is 1. The van der Waals surface area contributed by atoms with E-state index < -0.39 is 0 Å². The summed E-state index contributed by atoms with van der Waals surface area (Å²) in [4.78, 5) is 19.6. The maximum atomic E-state index is 13.3. The number of benzene rings is 3. The Morgan fingerprint density at radius 3 is 2.75 bits per heavy atom. The molecular weight excluding hydrogens is 464 g/mol. The first-order chi connectivity index (χ1) is 17.7. The molecule has 0 saturated heterocycles. The van der Waals surface area contributed by atoms with Gasteiger partial charge < -0.3 is 5.32 Å². The smallest absolute Gasteiger partial charge is 0.252 e. The fourth-order valence-electron chi connectivity index (χ4n) is 4.66. The number of rotatable bonds is 6. The third kappa shape index (κ3) is 4.55. The number of amides is 1. The van der Waals surface area contributed by atoms with Crippen LogP contribution >= 0.6 is 11.8 Å². The number of carbonyl (C=O) groups is 1. The normalized spacial score (nSPS) is 14.8. The summed E-state index contributed by atoms with van der Waals surface area (Å²) in [5, 5.41) is 11.9. The summed E-state index contributed by atoms with van der Waals surface area (Å²) in [6, 6.07) is 28.2. The third-order valence-corrected chi connectivity index (χ3v) is 7.53. The molecule has 0 unspecified atom stereocenters. The second kappa shape index (κ2) is 9.84. The van der Waals surface area contributed by atoms with Crippen LogP contribution in [0.4, 0.5) is 0 Å². The van der Waals surface area contributed by atoms with Gasteiger partial charge in [-0.25, -0.2) is 0 Å². The van der Waals surface area contributed by atoms with Crippen molar-refractivity contribution in [2.24, 2.45) is 0 Å². The topological polar surface area (TPSA) is 70.7 Å². The molecule has 0 saturated carbocycles. The van der Waals surface area contributed by atoms with Crippen LogP contribution in [0.1, 0.15) is 45.3 Å². The second-order valence-corrected chi connectivity index (χ2v) is 9.88. The zero-order chi connectivity index (χ0) is 24.3. The van der Waals surface area contributed by atoms with Crippen molar-refractivity contribution in [3.63, 3.8) is 0 Å². The Morgan fingerprint density at radius 1 is 0.972 bits per heavy atom. The van der Waals surface area contributed by atoms with Crippen LogP contribution in [0.15, 0.2) is 101 Å². The SMILES string of the molecule is O=C(N[C@H]1CCc2ccccc21)c1ccccc1Sc1ccc2c(/C=C/c3ccccn3)n[nH]c2c1. The van der Waals surface area contributed by atoms with Crippen molar-refractivity contribution in [1.82, 2.24) is 20.5 Å². The van der Waals surface area contributed by atoms with Crippen molar-refractivity contribution >= 4 is 40.7 Å². The maximum absolute atomic E-state index is 13.3. The molecule has 1 aliphatic carbocycles. The molecule has 1 atom stereocenters. The first-order valence-electron chi connectivity index (χ1n) is 12.0. The molecule has 176 valence electrons. The lowest BCUT2D eigenvalue weighted by molar-refractivity contribution is 0.0934. The summed E-state index contributed by atoms with van der Waals surface area (Å²) < 4.78 is 0. The predicted molar refractivity (Wildman–Crippen MR) is 145 cm³/mol. The number of aromatic nitrogens is 3. The van der Waals surface area contributed by atoms with Crippen LogP contribution in [0.25, 0.3) is 23.1 Å². The van der Waals surface area contributed by atoms with Crippen LogP contribution in [0, 0.1) is 0 Å². The highest BCUT2D eigenvalue weighted by Crippen LogP contribution is 2.34. The van der Waals surface area contributed by atoms with Gasteiger partial charge in [0.15, 0.2) is 0 Å². The summed E-state index contributed by atoms with van der Waals surface area (Å²) in [6.07, 6.45) is 7.63. The summed E-state index contributed by atoms with van der Waals surface area (Å²) in [5.74, 6) is -0.0376. The molecule has 36 heavy (non-hydrogen) atoms. The van der Waals surface area contributed by atoms with E-state index in [0.717, 1.165) is 44.9 Å². The van der Waals surface area contributed by atoms with Gasteiger partial charge in [-0.15, -0.1) is 0 Å². The molecule has 2 aromatic heterocycles. The Balaban J connectivity index is 1.21. The first kappa shape index (κ1) is 22.3. The minimum absolute atomic E-state index is 0.0376. The molecule has 0 aliphatic heterocycles. The molecule has 0 spiro atoms. The molecule has 6 rings (SSSR count). The fraction of sp³-hybridized carbons (Fsp3) is 0.100. The molecule has 3 aromatic carbocycles. The number of pyridine rings is 1. The number of nitrogens with zero attached hydrogens (tertiary/aromatic N) is 2. The molecule has 0 bridgehead atoms. The average molecular weight is 489 g/mol. The average Bonchev–Trinajstić information content (AvgIpc) is 3.52. The number of fused-ring (bicyclic) bond motifs is 2. The van der Waals surface area contributed by atoms with E-state index in [9.17, 15) is 4.79 Å². The molecule has 5 aromatic rings. The van der Waals surface area contributed by atoms with Crippen molar-refractivity contribution in [3.05, 3.63) is 119 Å². The van der Waals surface area contributed by atoms with Gasteiger partial charge in [0.2, 0.25) is 0 Å². The monoisotopic (exact) mass is 488 g/mol. The van der Waals surface area contributed by atoms with Crippen LogP contribution in [-0.4, -0.2) is 21.1 Å². The Labute approximate surface area is 213 Å². The van der Waals surface area contributed by atoms with Crippen molar-refractivity contribution in [1.29, 1.82) is 0 Å². The van der Waals surface area contributed by atoms with E-state index in [2.05, 4.69) is 56.9 Å². The zero-order valence-electron chi connectivity index (χ0n) is 19.5. The Kier molecular flexibility index (Phi) is 6.10. The van der Waals surface area contributed by atoms with Gasteiger partial charge in [0, 0.05) is 21.4 Å². The molecule has 6 heteroatoms. The number of aromatic amines is 1. The number of nitrogens with one attached hydrogen (secondary N) is 2. The summed E-state index contributed by atoms with van der Waals surface area (Å²) in [6.45, 7) is 0. The van der Waals surface area contributed by atoms with Gasteiger partial charge in [-0.3, -0.25) is 14.9 Å². The number of hydrogen-bond donors (Lipinski definition) is 2. The number of hydrogen-bond acceptors (Lipinski definition) is 4. The van der Waals surface area contributed by atoms with Gasteiger partial charge in [-0.05, 0) is 78.6 Å². The Hall–Kier alpha value is -4.16. The van der Waals surface area contributed by atoms with Crippen molar-refractivity contribution in [2.75, 3.05) is 0 Å². The molecule has 5 nitrogen and oxygen atoms in total. The van der Waals surface area contributed by atoms with E-state index in [0.29, 0.717) is 5.56 Å². The lowest BCUT2D eigenvalue weighted by atomic mass is 10.1.